The number of piperidine rings is 2. The van der Waals surface area contributed by atoms with Crippen LogP contribution in [0.5, 0.6) is 0 Å². The number of nitrogens with zero attached hydrogens (tertiary/aromatic N) is 3. The summed E-state index contributed by atoms with van der Waals surface area (Å²) in [6.45, 7) is 5.86. The van der Waals surface area contributed by atoms with Crippen LogP contribution in [-0.4, -0.2) is 62.7 Å². The zero-order valence-corrected chi connectivity index (χ0v) is 18.9. The average Bonchev–Trinajstić information content (AvgIpc) is 2.94. The molecule has 1 aromatic rings. The first-order valence-electron chi connectivity index (χ1n) is 10.9. The van der Waals surface area contributed by atoms with E-state index in [9.17, 15) is 18.0 Å². The van der Waals surface area contributed by atoms with E-state index >= 15 is 0 Å². The van der Waals surface area contributed by atoms with E-state index in [0.29, 0.717) is 13.0 Å². The molecule has 164 valence electrons. The summed E-state index contributed by atoms with van der Waals surface area (Å²) in [5, 5.41) is 0. The largest absolute Gasteiger partial charge is 0.342 e. The Morgan fingerprint density at radius 1 is 1.07 bits per heavy atom. The molecule has 0 aliphatic carbocycles. The number of carbonyl (C=O) groups excluding carboxylic acids is 2. The van der Waals surface area contributed by atoms with Crippen molar-refractivity contribution >= 4 is 27.5 Å². The highest BCUT2D eigenvalue weighted by molar-refractivity contribution is 7.89. The lowest BCUT2D eigenvalue weighted by atomic mass is 9.86. The Bertz CT molecular complexity index is 967. The van der Waals surface area contributed by atoms with Crippen LogP contribution in [0.4, 0.5) is 5.69 Å². The molecule has 7 nitrogen and oxygen atoms in total. The SMILES string of the molecule is CN1C(=O)C(C)(C)c2cc(S(=O)(=O)N3CCCC(C(=O)N4CCCCC4)C3)ccc21. The number of hydrogen-bond acceptors (Lipinski definition) is 4. The summed E-state index contributed by atoms with van der Waals surface area (Å²) in [5.41, 5.74) is 0.722. The van der Waals surface area contributed by atoms with Gasteiger partial charge in [-0.25, -0.2) is 8.42 Å². The van der Waals surface area contributed by atoms with Gasteiger partial charge in [-0.1, -0.05) is 0 Å². The Kier molecular flexibility index (Phi) is 5.43. The molecule has 1 unspecified atom stereocenters. The zero-order valence-electron chi connectivity index (χ0n) is 18.1. The van der Waals surface area contributed by atoms with Gasteiger partial charge in [0.05, 0.1) is 16.2 Å². The monoisotopic (exact) mass is 433 g/mol. The number of rotatable bonds is 3. The third kappa shape index (κ3) is 3.43. The molecular weight excluding hydrogens is 402 g/mol. The zero-order chi connectivity index (χ0) is 21.7. The fourth-order valence-corrected chi connectivity index (χ4v) is 6.55. The van der Waals surface area contributed by atoms with Crippen LogP contribution in [0.3, 0.4) is 0 Å². The lowest BCUT2D eigenvalue weighted by molar-refractivity contribution is -0.137. The quantitative estimate of drug-likeness (QED) is 0.733. The highest BCUT2D eigenvalue weighted by Crippen LogP contribution is 2.42. The van der Waals surface area contributed by atoms with E-state index in [2.05, 4.69) is 0 Å². The molecule has 0 radical (unpaired) electrons. The van der Waals surface area contributed by atoms with Crippen molar-refractivity contribution in [2.45, 2.75) is 56.3 Å². The summed E-state index contributed by atoms with van der Waals surface area (Å²) in [4.78, 5) is 29.2. The Balaban J connectivity index is 1.57. The van der Waals surface area contributed by atoms with Crippen LogP contribution in [0.1, 0.15) is 51.5 Å². The van der Waals surface area contributed by atoms with Gasteiger partial charge in [0.15, 0.2) is 0 Å². The molecule has 3 aliphatic rings. The van der Waals surface area contributed by atoms with Crippen molar-refractivity contribution < 1.29 is 18.0 Å². The van der Waals surface area contributed by atoms with Crippen molar-refractivity contribution in [1.82, 2.24) is 9.21 Å². The smallest absolute Gasteiger partial charge is 0.243 e. The minimum absolute atomic E-state index is 0.0442. The fraction of sp³-hybridized carbons (Fsp3) is 0.636. The van der Waals surface area contributed by atoms with Crippen molar-refractivity contribution in [3.63, 3.8) is 0 Å². The van der Waals surface area contributed by atoms with E-state index < -0.39 is 15.4 Å². The van der Waals surface area contributed by atoms with Gasteiger partial charge >= 0.3 is 0 Å². The van der Waals surface area contributed by atoms with Gasteiger partial charge in [-0.15, -0.1) is 0 Å². The van der Waals surface area contributed by atoms with Crippen molar-refractivity contribution in [1.29, 1.82) is 0 Å². The maximum absolute atomic E-state index is 13.4. The fourth-order valence-electron chi connectivity index (χ4n) is 5.00. The number of sulfonamides is 1. The molecule has 2 fully saturated rings. The van der Waals surface area contributed by atoms with Gasteiger partial charge in [-0.3, -0.25) is 9.59 Å². The molecular formula is C22H31N3O4S. The summed E-state index contributed by atoms with van der Waals surface area (Å²) in [6.07, 6.45) is 4.62. The standard InChI is InChI=1S/C22H31N3O4S/c1-22(2)18-14-17(9-10-19(18)23(3)21(22)27)30(28,29)25-13-7-8-16(15-25)20(26)24-11-5-4-6-12-24/h9-10,14,16H,4-8,11-13,15H2,1-3H3. The molecule has 30 heavy (non-hydrogen) atoms. The molecule has 0 aromatic heterocycles. The third-order valence-corrected chi connectivity index (χ3v) is 8.74. The lowest BCUT2D eigenvalue weighted by Gasteiger charge is -2.35. The second-order valence-electron chi connectivity index (χ2n) is 9.26. The number of anilines is 1. The number of likely N-dealkylation sites (tertiary alicyclic amines) is 1. The van der Waals surface area contributed by atoms with Crippen LogP contribution in [0.2, 0.25) is 0 Å². The van der Waals surface area contributed by atoms with Gasteiger partial charge in [0, 0.05) is 38.9 Å². The second kappa shape index (κ2) is 7.64. The van der Waals surface area contributed by atoms with Gasteiger partial charge in [0.2, 0.25) is 21.8 Å². The van der Waals surface area contributed by atoms with Gasteiger partial charge in [0.1, 0.15) is 0 Å². The molecule has 4 rings (SSSR count). The Morgan fingerprint density at radius 3 is 2.47 bits per heavy atom. The second-order valence-corrected chi connectivity index (χ2v) is 11.2. The first kappa shape index (κ1) is 21.3. The number of likely N-dealkylation sites (N-methyl/N-ethyl adjacent to an activating group) is 1. The van der Waals surface area contributed by atoms with Crippen LogP contribution >= 0.6 is 0 Å². The normalized spacial score (nSPS) is 24.8. The maximum Gasteiger partial charge on any atom is 0.243 e. The van der Waals surface area contributed by atoms with E-state index in [1.54, 1.807) is 30.1 Å². The minimum Gasteiger partial charge on any atom is -0.342 e. The summed E-state index contributed by atoms with van der Waals surface area (Å²) in [6, 6.07) is 4.94. The summed E-state index contributed by atoms with van der Waals surface area (Å²) in [7, 11) is -2.02. The van der Waals surface area contributed by atoms with Crippen molar-refractivity contribution in [3.05, 3.63) is 23.8 Å². The van der Waals surface area contributed by atoms with Crippen LogP contribution < -0.4 is 4.90 Å². The average molecular weight is 434 g/mol. The predicted molar refractivity (Wildman–Crippen MR) is 115 cm³/mol. The molecule has 0 spiro atoms. The lowest BCUT2D eigenvalue weighted by Crippen LogP contribution is -2.47. The molecule has 8 heteroatoms. The Morgan fingerprint density at radius 2 is 1.77 bits per heavy atom. The molecule has 0 bridgehead atoms. The van der Waals surface area contributed by atoms with Crippen molar-refractivity contribution in [3.8, 4) is 0 Å². The highest BCUT2D eigenvalue weighted by Gasteiger charge is 2.43. The van der Waals surface area contributed by atoms with Crippen molar-refractivity contribution in [2.75, 3.05) is 38.1 Å². The molecule has 3 aliphatic heterocycles. The maximum atomic E-state index is 13.4. The first-order valence-corrected chi connectivity index (χ1v) is 12.3. The van der Waals surface area contributed by atoms with Gasteiger partial charge in [0.25, 0.3) is 0 Å². The van der Waals surface area contributed by atoms with Crippen LogP contribution in [0.15, 0.2) is 23.1 Å². The molecule has 1 aromatic carbocycles. The minimum atomic E-state index is -3.73. The van der Waals surface area contributed by atoms with Gasteiger partial charge < -0.3 is 9.80 Å². The van der Waals surface area contributed by atoms with E-state index in [0.717, 1.165) is 50.0 Å². The van der Waals surface area contributed by atoms with E-state index in [1.807, 2.05) is 18.7 Å². The van der Waals surface area contributed by atoms with Crippen LogP contribution in [0.25, 0.3) is 0 Å². The topological polar surface area (TPSA) is 78.0 Å². The van der Waals surface area contributed by atoms with Crippen molar-refractivity contribution in [2.24, 2.45) is 5.92 Å². The molecule has 0 N–H and O–H groups in total. The number of benzene rings is 1. The van der Waals surface area contributed by atoms with Crippen LogP contribution in [-0.2, 0) is 25.0 Å². The molecule has 2 amide bonds. The van der Waals surface area contributed by atoms with E-state index in [1.165, 1.54) is 4.31 Å². The first-order chi connectivity index (χ1) is 14.1. The van der Waals surface area contributed by atoms with E-state index in [4.69, 9.17) is 0 Å². The highest BCUT2D eigenvalue weighted by atomic mass is 32.2. The van der Waals surface area contributed by atoms with Crippen LogP contribution in [0, 0.1) is 5.92 Å². The summed E-state index contributed by atoms with van der Waals surface area (Å²) in [5.74, 6) is -0.223. The van der Waals surface area contributed by atoms with Gasteiger partial charge in [-0.05, 0) is 69.7 Å². The molecule has 3 heterocycles. The molecule has 1 atom stereocenters. The molecule has 0 saturated carbocycles. The number of amides is 2. The third-order valence-electron chi connectivity index (χ3n) is 6.88. The number of carbonyl (C=O) groups is 2. The predicted octanol–water partition coefficient (Wildman–Crippen LogP) is 2.35. The summed E-state index contributed by atoms with van der Waals surface area (Å²) < 4.78 is 28.3. The summed E-state index contributed by atoms with van der Waals surface area (Å²) >= 11 is 0. The molecule has 2 saturated heterocycles. The number of hydrogen-bond donors (Lipinski definition) is 0. The van der Waals surface area contributed by atoms with E-state index in [-0.39, 0.29) is 29.2 Å². The Labute approximate surface area is 179 Å². The number of fused-ring (bicyclic) bond motifs is 1. The van der Waals surface area contributed by atoms with Gasteiger partial charge in [-0.2, -0.15) is 4.31 Å². The Hall–Kier alpha value is -1.93.